The van der Waals surface area contributed by atoms with Gasteiger partial charge in [-0.1, -0.05) is 12.1 Å². The van der Waals surface area contributed by atoms with Crippen LogP contribution in [0.4, 0.5) is 0 Å². The lowest BCUT2D eigenvalue weighted by atomic mass is 10.4. The van der Waals surface area contributed by atoms with E-state index in [1.165, 1.54) is 0 Å². The van der Waals surface area contributed by atoms with E-state index in [1.54, 1.807) is 12.4 Å². The first-order chi connectivity index (χ1) is 6.79. The van der Waals surface area contributed by atoms with Gasteiger partial charge in [0.25, 0.3) is 0 Å². The Morgan fingerprint density at radius 2 is 1.57 bits per heavy atom. The average molecular weight is 251 g/mol. The molecule has 2 nitrogen and oxygen atoms in total. The zero-order valence-electron chi connectivity index (χ0n) is 7.89. The third kappa shape index (κ3) is 4.72. The maximum Gasteiger partial charge on any atom is 0.106 e. The van der Waals surface area contributed by atoms with Crippen molar-refractivity contribution in [1.82, 2.24) is 9.97 Å². The van der Waals surface area contributed by atoms with Crippen LogP contribution in [0.3, 0.4) is 0 Å². The van der Waals surface area contributed by atoms with Gasteiger partial charge in [-0.3, -0.25) is 4.98 Å². The molecule has 0 amide bonds. The zero-order chi connectivity index (χ0) is 10.2. The van der Waals surface area contributed by atoms with E-state index in [0.717, 1.165) is 10.3 Å². The van der Waals surface area contributed by atoms with Gasteiger partial charge in [0, 0.05) is 18.1 Å². The van der Waals surface area contributed by atoms with Crippen molar-refractivity contribution >= 4 is 15.9 Å². The van der Waals surface area contributed by atoms with Crippen molar-refractivity contribution in [2.24, 2.45) is 0 Å². The molecule has 2 rings (SSSR count). The van der Waals surface area contributed by atoms with Gasteiger partial charge in [0.2, 0.25) is 0 Å². The SMILES string of the molecule is Brc1ccccn1.Cc1ccccn1. The minimum absolute atomic E-state index is 0.884. The second-order valence-electron chi connectivity index (χ2n) is 2.62. The Morgan fingerprint density at radius 3 is 1.79 bits per heavy atom. The molecule has 0 atom stereocenters. The fraction of sp³-hybridized carbons (Fsp3) is 0.0909. The lowest BCUT2D eigenvalue weighted by Crippen LogP contribution is -1.72. The largest absolute Gasteiger partial charge is 0.262 e. The second kappa shape index (κ2) is 6.27. The van der Waals surface area contributed by atoms with Crippen molar-refractivity contribution in [2.75, 3.05) is 0 Å². The molecule has 0 aliphatic carbocycles. The number of pyridine rings is 2. The van der Waals surface area contributed by atoms with Crippen LogP contribution in [-0.4, -0.2) is 9.97 Å². The van der Waals surface area contributed by atoms with E-state index in [9.17, 15) is 0 Å². The highest BCUT2D eigenvalue weighted by molar-refractivity contribution is 9.10. The fourth-order valence-electron chi connectivity index (χ4n) is 0.790. The molecule has 0 fully saturated rings. The summed E-state index contributed by atoms with van der Waals surface area (Å²) in [6, 6.07) is 11.6. The quantitative estimate of drug-likeness (QED) is 0.672. The van der Waals surface area contributed by atoms with E-state index < -0.39 is 0 Å². The van der Waals surface area contributed by atoms with Gasteiger partial charge in [-0.05, 0) is 47.1 Å². The number of hydrogen-bond acceptors (Lipinski definition) is 2. The Balaban J connectivity index is 0.000000140. The molecule has 2 aromatic rings. The highest BCUT2D eigenvalue weighted by atomic mass is 79.9. The van der Waals surface area contributed by atoms with Crippen LogP contribution in [0.25, 0.3) is 0 Å². The molecule has 0 radical (unpaired) electrons. The van der Waals surface area contributed by atoms with Crippen LogP contribution < -0.4 is 0 Å². The van der Waals surface area contributed by atoms with Crippen LogP contribution >= 0.6 is 15.9 Å². The molecule has 0 bridgehead atoms. The minimum Gasteiger partial charge on any atom is -0.262 e. The van der Waals surface area contributed by atoms with Crippen LogP contribution in [0.5, 0.6) is 0 Å². The van der Waals surface area contributed by atoms with E-state index in [1.807, 2.05) is 43.3 Å². The van der Waals surface area contributed by atoms with Gasteiger partial charge < -0.3 is 0 Å². The van der Waals surface area contributed by atoms with Crippen LogP contribution in [-0.2, 0) is 0 Å². The van der Waals surface area contributed by atoms with E-state index in [0.29, 0.717) is 0 Å². The summed E-state index contributed by atoms with van der Waals surface area (Å²) in [5.41, 5.74) is 1.07. The first-order valence-electron chi connectivity index (χ1n) is 4.23. The Labute approximate surface area is 92.2 Å². The van der Waals surface area contributed by atoms with E-state index in [4.69, 9.17) is 0 Å². The molecule has 0 N–H and O–H groups in total. The smallest absolute Gasteiger partial charge is 0.106 e. The van der Waals surface area contributed by atoms with Gasteiger partial charge in [-0.2, -0.15) is 0 Å². The first-order valence-corrected chi connectivity index (χ1v) is 5.02. The molecule has 3 heteroatoms. The van der Waals surface area contributed by atoms with Crippen molar-refractivity contribution in [3.8, 4) is 0 Å². The highest BCUT2D eigenvalue weighted by Gasteiger charge is 1.76. The topological polar surface area (TPSA) is 25.8 Å². The second-order valence-corrected chi connectivity index (χ2v) is 3.44. The molecule has 2 heterocycles. The Kier molecular flexibility index (Phi) is 4.86. The fourth-order valence-corrected chi connectivity index (χ4v) is 1.06. The molecule has 72 valence electrons. The molecule has 0 saturated heterocycles. The molecular weight excluding hydrogens is 240 g/mol. The first kappa shape index (κ1) is 10.9. The molecule has 0 aromatic carbocycles. The van der Waals surface area contributed by atoms with Crippen molar-refractivity contribution < 1.29 is 0 Å². The summed E-state index contributed by atoms with van der Waals surface area (Å²) >= 11 is 3.20. The minimum atomic E-state index is 0.884. The van der Waals surface area contributed by atoms with Crippen LogP contribution in [0, 0.1) is 6.92 Å². The van der Waals surface area contributed by atoms with Gasteiger partial charge in [0.05, 0.1) is 0 Å². The number of aryl methyl sites for hydroxylation is 1. The summed E-state index contributed by atoms with van der Waals surface area (Å²) in [6.45, 7) is 1.97. The number of nitrogens with zero attached hydrogens (tertiary/aromatic N) is 2. The number of hydrogen-bond donors (Lipinski definition) is 0. The van der Waals surface area contributed by atoms with E-state index >= 15 is 0 Å². The van der Waals surface area contributed by atoms with Crippen LogP contribution in [0.15, 0.2) is 53.4 Å². The summed E-state index contributed by atoms with van der Waals surface area (Å²) in [4.78, 5) is 7.88. The molecular formula is C11H11BrN2. The van der Waals surface area contributed by atoms with Gasteiger partial charge in [-0.15, -0.1) is 0 Å². The predicted molar refractivity (Wildman–Crippen MR) is 60.9 cm³/mol. The number of halogens is 1. The zero-order valence-corrected chi connectivity index (χ0v) is 9.48. The van der Waals surface area contributed by atoms with Crippen molar-refractivity contribution in [3.63, 3.8) is 0 Å². The summed E-state index contributed by atoms with van der Waals surface area (Å²) in [5.74, 6) is 0. The van der Waals surface area contributed by atoms with Gasteiger partial charge in [0.15, 0.2) is 0 Å². The molecule has 2 aromatic heterocycles. The maximum absolute atomic E-state index is 3.98. The average Bonchev–Trinajstić information content (AvgIpc) is 2.21. The monoisotopic (exact) mass is 250 g/mol. The van der Waals surface area contributed by atoms with Crippen LogP contribution in [0.1, 0.15) is 5.69 Å². The lowest BCUT2D eigenvalue weighted by molar-refractivity contribution is 1.20. The lowest BCUT2D eigenvalue weighted by Gasteiger charge is -1.82. The number of rotatable bonds is 0. The summed E-state index contributed by atoms with van der Waals surface area (Å²) in [7, 11) is 0. The Hall–Kier alpha value is -1.22. The summed E-state index contributed by atoms with van der Waals surface area (Å²) in [5, 5.41) is 0. The molecule has 14 heavy (non-hydrogen) atoms. The third-order valence-electron chi connectivity index (χ3n) is 1.44. The van der Waals surface area contributed by atoms with Gasteiger partial charge >= 0.3 is 0 Å². The summed E-state index contributed by atoms with van der Waals surface area (Å²) < 4.78 is 0.884. The number of aromatic nitrogens is 2. The predicted octanol–water partition coefficient (Wildman–Crippen LogP) is 3.23. The Bertz CT molecular complexity index is 311. The molecule has 0 aliphatic rings. The Morgan fingerprint density at radius 1 is 0.929 bits per heavy atom. The highest BCUT2D eigenvalue weighted by Crippen LogP contribution is 2.00. The maximum atomic E-state index is 3.98. The van der Waals surface area contributed by atoms with Crippen molar-refractivity contribution in [2.45, 2.75) is 6.92 Å². The van der Waals surface area contributed by atoms with E-state index in [-0.39, 0.29) is 0 Å². The molecule has 0 saturated carbocycles. The van der Waals surface area contributed by atoms with Crippen molar-refractivity contribution in [3.05, 3.63) is 59.1 Å². The standard InChI is InChI=1S/C6H7N.C5H4BrN/c1-6-4-2-3-5-7-6;6-5-3-1-2-4-7-5/h2-5H,1H3;1-4H. The van der Waals surface area contributed by atoms with Crippen LogP contribution in [0.2, 0.25) is 0 Å². The van der Waals surface area contributed by atoms with Crippen molar-refractivity contribution in [1.29, 1.82) is 0 Å². The van der Waals surface area contributed by atoms with E-state index in [2.05, 4.69) is 25.9 Å². The molecule has 0 unspecified atom stereocenters. The molecule has 0 aliphatic heterocycles. The third-order valence-corrected chi connectivity index (χ3v) is 1.91. The normalized spacial score (nSPS) is 8.71. The summed E-state index contributed by atoms with van der Waals surface area (Å²) in [6.07, 6.45) is 3.53. The molecule has 0 spiro atoms. The van der Waals surface area contributed by atoms with Gasteiger partial charge in [0.1, 0.15) is 4.60 Å². The van der Waals surface area contributed by atoms with Gasteiger partial charge in [-0.25, -0.2) is 4.98 Å².